The molecule has 1 saturated carbocycles. The molecular formula is C20H24F3N5O. The van der Waals surface area contributed by atoms with Crippen LogP contribution in [0.25, 0.3) is 0 Å². The summed E-state index contributed by atoms with van der Waals surface area (Å²) in [6, 6.07) is 3.36. The molecule has 156 valence electrons. The Hall–Kier alpha value is -2.84. The van der Waals surface area contributed by atoms with Crippen LogP contribution in [-0.4, -0.2) is 42.1 Å². The Labute approximate surface area is 167 Å². The van der Waals surface area contributed by atoms with Gasteiger partial charge in [0.05, 0.1) is 0 Å². The average molecular weight is 407 g/mol. The highest BCUT2D eigenvalue weighted by atomic mass is 19.2. The number of nitrogens with one attached hydrogen (secondary N) is 2. The topological polar surface area (TPSA) is 70.2 Å². The monoisotopic (exact) mass is 407 g/mol. The maximum absolute atomic E-state index is 13.3. The number of aromatic nitrogens is 2. The molecular weight excluding hydrogens is 383 g/mol. The molecule has 1 fully saturated rings. The Morgan fingerprint density at radius 3 is 2.17 bits per heavy atom. The van der Waals surface area contributed by atoms with E-state index >= 15 is 0 Å². The second-order valence-electron chi connectivity index (χ2n) is 7.51. The molecule has 0 unspecified atom stereocenters. The van der Waals surface area contributed by atoms with Gasteiger partial charge in [-0.15, -0.1) is 0 Å². The van der Waals surface area contributed by atoms with E-state index in [1.165, 1.54) is 0 Å². The van der Waals surface area contributed by atoms with Crippen LogP contribution in [0, 0.1) is 24.4 Å². The molecule has 0 spiro atoms. The van der Waals surface area contributed by atoms with Crippen LogP contribution in [0.2, 0.25) is 0 Å². The third-order valence-electron chi connectivity index (χ3n) is 4.94. The van der Waals surface area contributed by atoms with Gasteiger partial charge in [-0.25, -0.2) is 18.2 Å². The first-order chi connectivity index (χ1) is 13.7. The normalized spacial score (nSPS) is 19.0. The van der Waals surface area contributed by atoms with Gasteiger partial charge in [0.1, 0.15) is 5.82 Å². The van der Waals surface area contributed by atoms with E-state index in [-0.39, 0.29) is 17.6 Å². The minimum Gasteiger partial charge on any atom is -0.363 e. The van der Waals surface area contributed by atoms with Crippen molar-refractivity contribution in [2.75, 3.05) is 24.3 Å². The number of halogens is 3. The van der Waals surface area contributed by atoms with E-state index in [9.17, 15) is 18.0 Å². The molecule has 2 aromatic rings. The number of hydrogen-bond acceptors (Lipinski definition) is 5. The zero-order chi connectivity index (χ0) is 21.1. The molecule has 3 rings (SSSR count). The van der Waals surface area contributed by atoms with Gasteiger partial charge in [-0.1, -0.05) is 0 Å². The third-order valence-corrected chi connectivity index (χ3v) is 4.94. The maximum Gasteiger partial charge on any atom is 0.251 e. The van der Waals surface area contributed by atoms with E-state index in [0.29, 0.717) is 30.9 Å². The zero-order valence-electron chi connectivity index (χ0n) is 16.6. The molecule has 9 heteroatoms. The fourth-order valence-corrected chi connectivity index (χ4v) is 3.37. The summed E-state index contributed by atoms with van der Waals surface area (Å²) in [5.74, 6) is -3.56. The SMILES string of the molecule is Cc1cc(N(C)C)nc(N[C@H]2CC[C@@H](NC(=O)c3cc(F)c(F)c(F)c3)CC2)n1. The van der Waals surface area contributed by atoms with Crippen LogP contribution in [0.3, 0.4) is 0 Å². The molecule has 0 bridgehead atoms. The first-order valence-corrected chi connectivity index (χ1v) is 9.48. The van der Waals surface area contributed by atoms with Gasteiger partial charge in [-0.3, -0.25) is 4.79 Å². The van der Waals surface area contributed by atoms with Crippen LogP contribution in [0.15, 0.2) is 18.2 Å². The lowest BCUT2D eigenvalue weighted by atomic mass is 9.91. The van der Waals surface area contributed by atoms with Gasteiger partial charge < -0.3 is 15.5 Å². The fraction of sp³-hybridized carbons (Fsp3) is 0.450. The smallest absolute Gasteiger partial charge is 0.251 e. The molecule has 0 aliphatic heterocycles. The first-order valence-electron chi connectivity index (χ1n) is 9.48. The lowest BCUT2D eigenvalue weighted by Crippen LogP contribution is -2.40. The number of carbonyl (C=O) groups is 1. The van der Waals surface area contributed by atoms with Crippen molar-refractivity contribution in [3.8, 4) is 0 Å². The second-order valence-corrected chi connectivity index (χ2v) is 7.51. The first kappa shape index (κ1) is 20.9. The Morgan fingerprint density at radius 2 is 1.59 bits per heavy atom. The number of amides is 1. The van der Waals surface area contributed by atoms with Gasteiger partial charge in [-0.2, -0.15) is 4.98 Å². The number of nitrogens with zero attached hydrogens (tertiary/aromatic N) is 3. The van der Waals surface area contributed by atoms with Gasteiger partial charge in [0, 0.05) is 43.5 Å². The average Bonchev–Trinajstić information content (AvgIpc) is 2.66. The van der Waals surface area contributed by atoms with Gasteiger partial charge in [0.25, 0.3) is 5.91 Å². The number of benzene rings is 1. The van der Waals surface area contributed by atoms with Crippen molar-refractivity contribution in [2.24, 2.45) is 0 Å². The van der Waals surface area contributed by atoms with E-state index in [1.54, 1.807) is 0 Å². The highest BCUT2D eigenvalue weighted by Crippen LogP contribution is 2.23. The standard InChI is InChI=1S/C20H24F3N5O/c1-11-8-17(28(2)3)27-20(24-11)26-14-6-4-13(5-7-14)25-19(29)12-9-15(21)18(23)16(22)10-12/h8-10,13-14H,4-7H2,1-3H3,(H,25,29)(H,24,26,27)/t13-,14+. The molecule has 0 saturated heterocycles. The Kier molecular flexibility index (Phi) is 6.24. The van der Waals surface area contributed by atoms with Gasteiger partial charge in [0.15, 0.2) is 17.5 Å². The molecule has 1 aliphatic rings. The summed E-state index contributed by atoms with van der Waals surface area (Å²) in [5, 5.41) is 6.11. The predicted octanol–water partition coefficient (Wildman–Crippen LogP) is 3.42. The zero-order valence-corrected chi connectivity index (χ0v) is 16.6. The third kappa shape index (κ3) is 5.16. The Balaban J connectivity index is 1.55. The van der Waals surface area contributed by atoms with Crippen LogP contribution in [-0.2, 0) is 0 Å². The van der Waals surface area contributed by atoms with Gasteiger partial charge >= 0.3 is 0 Å². The fourth-order valence-electron chi connectivity index (χ4n) is 3.37. The van der Waals surface area contributed by atoms with Crippen molar-refractivity contribution < 1.29 is 18.0 Å². The quantitative estimate of drug-likeness (QED) is 0.744. The van der Waals surface area contributed by atoms with E-state index in [0.717, 1.165) is 24.4 Å². The summed E-state index contributed by atoms with van der Waals surface area (Å²) in [6.07, 6.45) is 2.96. The van der Waals surface area contributed by atoms with Crippen LogP contribution < -0.4 is 15.5 Å². The maximum atomic E-state index is 13.3. The van der Waals surface area contributed by atoms with Crippen LogP contribution in [0.1, 0.15) is 41.7 Å². The van der Waals surface area contributed by atoms with Gasteiger partial charge in [0.2, 0.25) is 5.95 Å². The lowest BCUT2D eigenvalue weighted by Gasteiger charge is -2.30. The molecule has 1 aliphatic carbocycles. The molecule has 1 heterocycles. The van der Waals surface area contributed by atoms with E-state index < -0.39 is 23.4 Å². The number of carbonyl (C=O) groups excluding carboxylic acids is 1. The molecule has 0 atom stereocenters. The Bertz CT molecular complexity index is 875. The van der Waals surface area contributed by atoms with Crippen molar-refractivity contribution in [3.05, 3.63) is 46.9 Å². The molecule has 6 nitrogen and oxygen atoms in total. The number of hydrogen-bond donors (Lipinski definition) is 2. The molecule has 2 N–H and O–H groups in total. The van der Waals surface area contributed by atoms with E-state index in [2.05, 4.69) is 20.6 Å². The van der Waals surface area contributed by atoms with Crippen molar-refractivity contribution in [1.29, 1.82) is 0 Å². The summed E-state index contributed by atoms with van der Waals surface area (Å²) in [7, 11) is 3.83. The predicted molar refractivity (Wildman–Crippen MR) is 105 cm³/mol. The molecule has 1 aromatic heterocycles. The lowest BCUT2D eigenvalue weighted by molar-refractivity contribution is 0.0925. The highest BCUT2D eigenvalue weighted by molar-refractivity contribution is 5.94. The number of rotatable bonds is 5. The van der Waals surface area contributed by atoms with E-state index in [1.807, 2.05) is 32.0 Å². The van der Waals surface area contributed by atoms with E-state index in [4.69, 9.17) is 0 Å². The van der Waals surface area contributed by atoms with Gasteiger partial charge in [-0.05, 0) is 44.7 Å². The number of aryl methyl sites for hydroxylation is 1. The molecule has 0 radical (unpaired) electrons. The number of anilines is 2. The Morgan fingerprint density at radius 1 is 1.00 bits per heavy atom. The summed E-state index contributed by atoms with van der Waals surface area (Å²) in [5.41, 5.74) is 0.636. The summed E-state index contributed by atoms with van der Waals surface area (Å²) < 4.78 is 39.7. The second kappa shape index (κ2) is 8.67. The minimum atomic E-state index is -1.58. The summed E-state index contributed by atoms with van der Waals surface area (Å²) in [4.78, 5) is 23.1. The summed E-state index contributed by atoms with van der Waals surface area (Å²) in [6.45, 7) is 1.91. The van der Waals surface area contributed by atoms with Crippen molar-refractivity contribution >= 4 is 17.7 Å². The minimum absolute atomic E-state index is 0.118. The van der Waals surface area contributed by atoms with Crippen molar-refractivity contribution in [1.82, 2.24) is 15.3 Å². The summed E-state index contributed by atoms with van der Waals surface area (Å²) >= 11 is 0. The van der Waals surface area contributed by atoms with Crippen molar-refractivity contribution in [3.63, 3.8) is 0 Å². The molecule has 1 aromatic carbocycles. The largest absolute Gasteiger partial charge is 0.363 e. The highest BCUT2D eigenvalue weighted by Gasteiger charge is 2.24. The molecule has 1 amide bonds. The molecule has 29 heavy (non-hydrogen) atoms. The van der Waals surface area contributed by atoms with Crippen LogP contribution in [0.5, 0.6) is 0 Å². The van der Waals surface area contributed by atoms with Crippen LogP contribution >= 0.6 is 0 Å². The van der Waals surface area contributed by atoms with Crippen LogP contribution in [0.4, 0.5) is 24.9 Å². The van der Waals surface area contributed by atoms with Crippen molar-refractivity contribution in [2.45, 2.75) is 44.7 Å².